The highest BCUT2D eigenvalue weighted by Gasteiger charge is 2.19. The smallest absolute Gasteiger partial charge is 0.163 e. The molecule has 1 aromatic rings. The first kappa shape index (κ1) is 13.4. The molecule has 0 amide bonds. The highest BCUT2D eigenvalue weighted by molar-refractivity contribution is 5.96. The normalized spacial score (nSPS) is 22.1. The zero-order valence-corrected chi connectivity index (χ0v) is 11.7. The molecule has 0 aromatic heterocycles. The number of rotatable bonds is 3. The number of benzene rings is 1. The van der Waals surface area contributed by atoms with E-state index in [0.29, 0.717) is 31.3 Å². The number of hydrogen-bond donors (Lipinski definition) is 1. The number of nitrogens with one attached hydrogen (secondary N) is 1. The average Bonchev–Trinajstić information content (AvgIpc) is 2.72. The molecule has 2 aliphatic rings. The second-order valence-corrected chi connectivity index (χ2v) is 5.55. The number of ketones is 1. The summed E-state index contributed by atoms with van der Waals surface area (Å²) < 4.78 is 11.2. The molecule has 1 unspecified atom stereocenters. The quantitative estimate of drug-likeness (QED) is 0.861. The van der Waals surface area contributed by atoms with E-state index in [1.54, 1.807) is 0 Å². The molecule has 1 saturated heterocycles. The van der Waals surface area contributed by atoms with Gasteiger partial charge in [-0.15, -0.1) is 0 Å². The minimum atomic E-state index is 0.203. The number of fused-ring (bicyclic) bond motifs is 1. The van der Waals surface area contributed by atoms with Crippen LogP contribution >= 0.6 is 0 Å². The summed E-state index contributed by atoms with van der Waals surface area (Å²) >= 11 is 0. The highest BCUT2D eigenvalue weighted by atomic mass is 16.5. The van der Waals surface area contributed by atoms with Crippen molar-refractivity contribution in [1.82, 2.24) is 5.32 Å². The molecule has 1 aromatic carbocycles. The van der Waals surface area contributed by atoms with E-state index in [1.807, 2.05) is 18.2 Å². The fraction of sp³-hybridized carbons (Fsp3) is 0.562. The van der Waals surface area contributed by atoms with Crippen LogP contribution in [0.3, 0.4) is 0 Å². The third-order valence-electron chi connectivity index (χ3n) is 3.94. The van der Waals surface area contributed by atoms with Gasteiger partial charge in [-0.25, -0.2) is 0 Å². The van der Waals surface area contributed by atoms with Crippen molar-refractivity contribution >= 4 is 5.78 Å². The monoisotopic (exact) mass is 275 g/mol. The predicted molar refractivity (Wildman–Crippen MR) is 76.6 cm³/mol. The average molecular weight is 275 g/mol. The van der Waals surface area contributed by atoms with E-state index in [-0.39, 0.29) is 5.78 Å². The van der Waals surface area contributed by atoms with Gasteiger partial charge in [0.05, 0.1) is 13.2 Å². The van der Waals surface area contributed by atoms with Crippen LogP contribution in [0.5, 0.6) is 11.5 Å². The first-order valence-corrected chi connectivity index (χ1v) is 7.46. The summed E-state index contributed by atoms with van der Waals surface area (Å²) in [5, 5.41) is 3.35. The summed E-state index contributed by atoms with van der Waals surface area (Å²) in [7, 11) is 0. The maximum Gasteiger partial charge on any atom is 0.163 e. The largest absolute Gasteiger partial charge is 0.490 e. The first-order chi connectivity index (χ1) is 9.83. The van der Waals surface area contributed by atoms with Crippen molar-refractivity contribution in [2.24, 2.45) is 5.92 Å². The molecular weight excluding hydrogens is 254 g/mol. The van der Waals surface area contributed by atoms with Crippen molar-refractivity contribution in [3.8, 4) is 11.5 Å². The molecule has 4 nitrogen and oxygen atoms in total. The topological polar surface area (TPSA) is 47.6 Å². The van der Waals surface area contributed by atoms with Crippen molar-refractivity contribution in [3.63, 3.8) is 0 Å². The molecule has 108 valence electrons. The van der Waals surface area contributed by atoms with Crippen molar-refractivity contribution in [2.45, 2.75) is 25.7 Å². The van der Waals surface area contributed by atoms with Gasteiger partial charge in [0.25, 0.3) is 0 Å². The number of piperidine rings is 1. The third-order valence-corrected chi connectivity index (χ3v) is 3.94. The van der Waals surface area contributed by atoms with Crippen molar-refractivity contribution in [2.75, 3.05) is 26.3 Å². The zero-order valence-electron chi connectivity index (χ0n) is 11.7. The second kappa shape index (κ2) is 6.27. The van der Waals surface area contributed by atoms with Gasteiger partial charge in [0.2, 0.25) is 0 Å². The van der Waals surface area contributed by atoms with E-state index in [9.17, 15) is 4.79 Å². The van der Waals surface area contributed by atoms with E-state index in [4.69, 9.17) is 9.47 Å². The molecule has 0 saturated carbocycles. The molecule has 1 atom stereocenters. The van der Waals surface area contributed by atoms with Crippen LogP contribution in [0.2, 0.25) is 0 Å². The third kappa shape index (κ3) is 3.12. The minimum absolute atomic E-state index is 0.203. The predicted octanol–water partition coefficient (Wildman–Crippen LogP) is 2.42. The number of hydrogen-bond acceptors (Lipinski definition) is 4. The van der Waals surface area contributed by atoms with Crippen LogP contribution in [0.1, 0.15) is 36.0 Å². The molecule has 1 N–H and O–H groups in total. The second-order valence-electron chi connectivity index (χ2n) is 5.55. The van der Waals surface area contributed by atoms with Crippen molar-refractivity contribution in [1.29, 1.82) is 0 Å². The molecule has 2 heterocycles. The fourth-order valence-electron chi connectivity index (χ4n) is 2.81. The van der Waals surface area contributed by atoms with Gasteiger partial charge in [-0.1, -0.05) is 0 Å². The lowest BCUT2D eigenvalue weighted by molar-refractivity contribution is 0.0953. The lowest BCUT2D eigenvalue weighted by Crippen LogP contribution is -2.31. The Balaban J connectivity index is 1.69. The summed E-state index contributed by atoms with van der Waals surface area (Å²) in [6.07, 6.45) is 3.81. The van der Waals surface area contributed by atoms with Gasteiger partial charge < -0.3 is 14.8 Å². The Morgan fingerprint density at radius 2 is 2.05 bits per heavy atom. The Morgan fingerprint density at radius 3 is 2.85 bits per heavy atom. The molecule has 0 aliphatic carbocycles. The summed E-state index contributed by atoms with van der Waals surface area (Å²) in [4.78, 5) is 12.4. The van der Waals surface area contributed by atoms with Gasteiger partial charge in [-0.3, -0.25) is 4.79 Å². The molecular formula is C16H21NO3. The number of Topliss-reactive ketones (excluding diaryl/α,β-unsaturated/α-hetero) is 1. The Kier molecular flexibility index (Phi) is 4.21. The van der Waals surface area contributed by atoms with E-state index >= 15 is 0 Å². The van der Waals surface area contributed by atoms with E-state index in [2.05, 4.69) is 5.32 Å². The fourth-order valence-corrected chi connectivity index (χ4v) is 2.81. The van der Waals surface area contributed by atoms with Gasteiger partial charge in [0.1, 0.15) is 0 Å². The Labute approximate surface area is 119 Å². The Morgan fingerprint density at radius 1 is 1.20 bits per heavy atom. The number of ether oxygens (including phenoxy) is 2. The van der Waals surface area contributed by atoms with E-state index in [0.717, 1.165) is 37.2 Å². The van der Waals surface area contributed by atoms with Gasteiger partial charge >= 0.3 is 0 Å². The zero-order chi connectivity index (χ0) is 13.8. The Bertz CT molecular complexity index is 481. The molecule has 0 spiro atoms. The summed E-state index contributed by atoms with van der Waals surface area (Å²) in [5.41, 5.74) is 0.736. The van der Waals surface area contributed by atoms with Crippen LogP contribution < -0.4 is 14.8 Å². The molecule has 0 radical (unpaired) electrons. The number of carbonyl (C=O) groups excluding carboxylic acids is 1. The van der Waals surface area contributed by atoms with E-state index < -0.39 is 0 Å². The standard InChI is InChI=1S/C16H21NO3/c18-14(9-12-3-1-6-17-11-12)13-4-5-15-16(10-13)20-8-2-7-19-15/h4-5,10,12,17H,1-3,6-9,11H2. The van der Waals surface area contributed by atoms with Gasteiger partial charge in [-0.2, -0.15) is 0 Å². The highest BCUT2D eigenvalue weighted by Crippen LogP contribution is 2.31. The molecule has 20 heavy (non-hydrogen) atoms. The summed E-state index contributed by atoms with van der Waals surface area (Å²) in [6, 6.07) is 5.54. The summed E-state index contributed by atoms with van der Waals surface area (Å²) in [5.74, 6) is 2.12. The van der Waals surface area contributed by atoms with Crippen LogP contribution in [0, 0.1) is 5.92 Å². The van der Waals surface area contributed by atoms with Gasteiger partial charge in [0, 0.05) is 18.4 Å². The van der Waals surface area contributed by atoms with Gasteiger partial charge in [-0.05, 0) is 50.0 Å². The summed E-state index contributed by atoms with van der Waals surface area (Å²) in [6.45, 7) is 3.36. The molecule has 4 heteroatoms. The SMILES string of the molecule is O=C(CC1CCCNC1)c1ccc2c(c1)OCCCO2. The maximum atomic E-state index is 12.4. The Hall–Kier alpha value is -1.55. The van der Waals surface area contributed by atoms with Crippen LogP contribution in [0.4, 0.5) is 0 Å². The first-order valence-electron chi connectivity index (χ1n) is 7.46. The molecule has 2 aliphatic heterocycles. The lowest BCUT2D eigenvalue weighted by Gasteiger charge is -2.22. The lowest BCUT2D eigenvalue weighted by atomic mass is 9.92. The molecule has 0 bridgehead atoms. The minimum Gasteiger partial charge on any atom is -0.490 e. The van der Waals surface area contributed by atoms with Crippen LogP contribution in [-0.2, 0) is 0 Å². The van der Waals surface area contributed by atoms with Crippen molar-refractivity contribution in [3.05, 3.63) is 23.8 Å². The molecule has 3 rings (SSSR count). The molecule has 1 fully saturated rings. The number of carbonyl (C=O) groups is 1. The van der Waals surface area contributed by atoms with Crippen LogP contribution in [0.25, 0.3) is 0 Å². The van der Waals surface area contributed by atoms with Crippen molar-refractivity contribution < 1.29 is 14.3 Å². The van der Waals surface area contributed by atoms with Crippen LogP contribution in [0.15, 0.2) is 18.2 Å². The van der Waals surface area contributed by atoms with Crippen LogP contribution in [-0.4, -0.2) is 32.1 Å². The van der Waals surface area contributed by atoms with Gasteiger partial charge in [0.15, 0.2) is 17.3 Å². The van der Waals surface area contributed by atoms with E-state index in [1.165, 1.54) is 6.42 Å². The maximum absolute atomic E-state index is 12.4.